The Labute approximate surface area is 133 Å². The highest BCUT2D eigenvalue weighted by atomic mass is 79.9. The lowest BCUT2D eigenvalue weighted by atomic mass is 10.2. The second-order valence-electron chi connectivity index (χ2n) is 4.99. The van der Waals surface area contributed by atoms with Crippen molar-refractivity contribution in [1.29, 1.82) is 0 Å². The second-order valence-corrected chi connectivity index (χ2v) is 5.90. The van der Waals surface area contributed by atoms with E-state index in [4.69, 9.17) is 0 Å². The maximum Gasteiger partial charge on any atom is 0.274 e. The third-order valence-corrected chi connectivity index (χ3v) is 4.00. The van der Waals surface area contributed by atoms with Crippen molar-refractivity contribution in [2.24, 2.45) is 5.10 Å². The molecule has 1 aliphatic heterocycles. The number of benzene rings is 1. The largest absolute Gasteiger partial charge is 0.289 e. The first-order valence-electron chi connectivity index (χ1n) is 7.07. The van der Waals surface area contributed by atoms with Crippen LogP contribution in [0.15, 0.2) is 58.2 Å². The van der Waals surface area contributed by atoms with Crippen molar-refractivity contribution in [2.45, 2.75) is 0 Å². The van der Waals surface area contributed by atoms with Crippen molar-refractivity contribution in [3.63, 3.8) is 0 Å². The highest BCUT2D eigenvalue weighted by Gasteiger charge is 2.21. The molecule has 0 aliphatic carbocycles. The molecule has 1 aliphatic rings. The average Bonchev–Trinajstić information content (AvgIpc) is 2.54. The summed E-state index contributed by atoms with van der Waals surface area (Å²) in [6.45, 7) is 3.84. The van der Waals surface area contributed by atoms with E-state index in [-0.39, 0.29) is 0 Å². The molecule has 0 bridgehead atoms. The molecule has 1 N–H and O–H groups in total. The number of anilines is 1. The van der Waals surface area contributed by atoms with E-state index in [1.54, 1.807) is 0 Å². The summed E-state index contributed by atoms with van der Waals surface area (Å²) in [6.07, 6.45) is 3.89. The number of aromatic nitrogens is 1. The van der Waals surface area contributed by atoms with Gasteiger partial charge in [-0.3, -0.25) is 9.91 Å². The third kappa shape index (κ3) is 3.82. The fourth-order valence-corrected chi connectivity index (χ4v) is 2.78. The van der Waals surface area contributed by atoms with Crippen LogP contribution in [0.1, 0.15) is 5.56 Å². The summed E-state index contributed by atoms with van der Waals surface area (Å²) in [7, 11) is 0. The van der Waals surface area contributed by atoms with E-state index in [0.29, 0.717) is 0 Å². The van der Waals surface area contributed by atoms with Gasteiger partial charge in [0.1, 0.15) is 13.1 Å². The molecular formula is C16H18BrN4+. The number of nitrogens with one attached hydrogen (secondary N) is 1. The summed E-state index contributed by atoms with van der Waals surface area (Å²) in [6, 6.07) is 14.3. The Kier molecular flexibility index (Phi) is 4.50. The lowest BCUT2D eigenvalue weighted by molar-refractivity contribution is -0.364. The maximum absolute atomic E-state index is 4.57. The summed E-state index contributed by atoms with van der Waals surface area (Å²) in [5.74, 6) is 1.17. The smallest absolute Gasteiger partial charge is 0.274 e. The van der Waals surface area contributed by atoms with Crippen LogP contribution in [0.2, 0.25) is 0 Å². The van der Waals surface area contributed by atoms with Crippen molar-refractivity contribution < 1.29 is 4.98 Å². The minimum Gasteiger partial charge on any atom is -0.289 e. The molecule has 0 unspecified atom stereocenters. The predicted molar refractivity (Wildman–Crippen MR) is 88.5 cm³/mol. The summed E-state index contributed by atoms with van der Waals surface area (Å²) >= 11 is 3.48. The SMILES string of the molecule is Brc1cccc(C=NN2CCN(c3cccc[nH+]3)CC2)c1. The number of pyridine rings is 1. The standard InChI is InChI=1S/C16H17BrN4/c17-15-5-3-4-14(12-15)13-19-21-10-8-20(9-11-21)16-6-1-2-7-18-16/h1-7,12-13H,8-11H2/p+1. The van der Waals surface area contributed by atoms with E-state index in [1.807, 2.05) is 30.6 Å². The van der Waals surface area contributed by atoms with Gasteiger partial charge in [0.2, 0.25) is 0 Å². The molecule has 4 nitrogen and oxygen atoms in total. The predicted octanol–water partition coefficient (Wildman–Crippen LogP) is 2.42. The number of nitrogens with zero attached hydrogens (tertiary/aromatic N) is 3. The van der Waals surface area contributed by atoms with Crippen molar-refractivity contribution in [2.75, 3.05) is 31.1 Å². The van der Waals surface area contributed by atoms with Gasteiger partial charge in [-0.2, -0.15) is 5.10 Å². The number of aromatic amines is 1. The first kappa shape index (κ1) is 14.1. The van der Waals surface area contributed by atoms with Crippen molar-refractivity contribution >= 4 is 28.0 Å². The van der Waals surface area contributed by atoms with Gasteiger partial charge in [0, 0.05) is 10.5 Å². The van der Waals surface area contributed by atoms with Crippen LogP contribution < -0.4 is 9.88 Å². The van der Waals surface area contributed by atoms with E-state index >= 15 is 0 Å². The molecule has 2 heterocycles. The van der Waals surface area contributed by atoms with Crippen LogP contribution in [0, 0.1) is 0 Å². The molecule has 0 amide bonds. The number of piperazine rings is 1. The highest BCUT2D eigenvalue weighted by molar-refractivity contribution is 9.10. The van der Waals surface area contributed by atoms with Crippen molar-refractivity contribution in [1.82, 2.24) is 5.01 Å². The Bertz CT molecular complexity index is 607. The number of H-pyrrole nitrogens is 1. The molecule has 0 radical (unpaired) electrons. The number of hydrazone groups is 1. The summed E-state index contributed by atoms with van der Waals surface area (Å²) in [5, 5.41) is 6.70. The monoisotopic (exact) mass is 345 g/mol. The van der Waals surface area contributed by atoms with Crippen LogP contribution >= 0.6 is 15.9 Å². The van der Waals surface area contributed by atoms with Gasteiger partial charge < -0.3 is 0 Å². The van der Waals surface area contributed by atoms with Gasteiger partial charge in [0.25, 0.3) is 5.82 Å². The molecule has 3 rings (SSSR count). The highest BCUT2D eigenvalue weighted by Crippen LogP contribution is 2.12. The van der Waals surface area contributed by atoms with Gasteiger partial charge in [-0.1, -0.05) is 34.1 Å². The minimum absolute atomic E-state index is 0.938. The molecule has 0 atom stereocenters. The van der Waals surface area contributed by atoms with E-state index in [9.17, 15) is 0 Å². The van der Waals surface area contributed by atoms with Gasteiger partial charge in [-0.05, 0) is 23.8 Å². The Morgan fingerprint density at radius 3 is 2.62 bits per heavy atom. The van der Waals surface area contributed by atoms with Crippen LogP contribution in [-0.4, -0.2) is 37.4 Å². The zero-order valence-corrected chi connectivity index (χ0v) is 13.3. The fourth-order valence-electron chi connectivity index (χ4n) is 2.37. The topological polar surface area (TPSA) is 33.0 Å². The second kappa shape index (κ2) is 6.72. The lowest BCUT2D eigenvalue weighted by Crippen LogP contribution is -2.45. The van der Waals surface area contributed by atoms with Crippen LogP contribution in [0.4, 0.5) is 5.82 Å². The van der Waals surface area contributed by atoms with E-state index in [1.165, 1.54) is 5.82 Å². The number of rotatable bonds is 3. The molecule has 1 fully saturated rings. The van der Waals surface area contributed by atoms with Crippen molar-refractivity contribution in [3.05, 3.63) is 58.7 Å². The van der Waals surface area contributed by atoms with Gasteiger partial charge in [0.05, 0.1) is 25.5 Å². The fraction of sp³-hybridized carbons (Fsp3) is 0.250. The third-order valence-electron chi connectivity index (χ3n) is 3.51. The van der Waals surface area contributed by atoms with Gasteiger partial charge >= 0.3 is 0 Å². The van der Waals surface area contributed by atoms with Crippen LogP contribution in [-0.2, 0) is 0 Å². The van der Waals surface area contributed by atoms with Crippen LogP contribution in [0.25, 0.3) is 0 Å². The molecule has 1 aromatic carbocycles. The van der Waals surface area contributed by atoms with Gasteiger partial charge in [-0.25, -0.2) is 4.98 Å². The molecule has 0 saturated carbocycles. The first-order chi connectivity index (χ1) is 10.3. The summed E-state index contributed by atoms with van der Waals surface area (Å²) in [5.41, 5.74) is 1.11. The van der Waals surface area contributed by atoms with Crippen LogP contribution in [0.5, 0.6) is 0 Å². The zero-order chi connectivity index (χ0) is 14.5. The summed E-state index contributed by atoms with van der Waals surface area (Å²) in [4.78, 5) is 5.63. The van der Waals surface area contributed by atoms with Crippen molar-refractivity contribution in [3.8, 4) is 0 Å². The molecule has 108 valence electrons. The Hall–Kier alpha value is -1.88. The molecular weight excluding hydrogens is 328 g/mol. The van der Waals surface area contributed by atoms with E-state index in [0.717, 1.165) is 36.2 Å². The number of hydrogen-bond acceptors (Lipinski definition) is 3. The average molecular weight is 346 g/mol. The number of hydrogen-bond donors (Lipinski definition) is 0. The molecule has 21 heavy (non-hydrogen) atoms. The quantitative estimate of drug-likeness (QED) is 0.800. The Balaban J connectivity index is 1.56. The lowest BCUT2D eigenvalue weighted by Gasteiger charge is -2.28. The molecule has 5 heteroatoms. The number of halogens is 1. The van der Waals surface area contributed by atoms with Gasteiger partial charge in [0.15, 0.2) is 0 Å². The molecule has 1 saturated heterocycles. The first-order valence-corrected chi connectivity index (χ1v) is 7.87. The minimum atomic E-state index is 0.938. The summed E-state index contributed by atoms with van der Waals surface area (Å²) < 4.78 is 1.08. The van der Waals surface area contributed by atoms with Crippen LogP contribution in [0.3, 0.4) is 0 Å². The molecule has 2 aromatic rings. The Morgan fingerprint density at radius 1 is 1.05 bits per heavy atom. The maximum atomic E-state index is 4.57. The van der Waals surface area contributed by atoms with Gasteiger partial charge in [-0.15, -0.1) is 0 Å². The van der Waals surface area contributed by atoms with E-state index in [2.05, 4.69) is 60.2 Å². The van der Waals surface area contributed by atoms with E-state index < -0.39 is 0 Å². The Morgan fingerprint density at radius 2 is 1.90 bits per heavy atom. The molecule has 1 aromatic heterocycles. The molecule has 0 spiro atoms. The zero-order valence-electron chi connectivity index (χ0n) is 11.7. The normalized spacial score (nSPS) is 15.7.